The summed E-state index contributed by atoms with van der Waals surface area (Å²) in [6.45, 7) is 1.84. The molecule has 5 nitrogen and oxygen atoms in total. The summed E-state index contributed by atoms with van der Waals surface area (Å²) in [6.07, 6.45) is -0.447. The van der Waals surface area contributed by atoms with Gasteiger partial charge in [-0.25, -0.2) is 4.39 Å². The van der Waals surface area contributed by atoms with E-state index in [1.165, 1.54) is 7.11 Å². The van der Waals surface area contributed by atoms with Crippen LogP contribution in [-0.4, -0.2) is 32.3 Å². The standard InChI is InChI=1S/C12H14BFO5/c1-3-18-10(15)6-12(16)11-8(13-19-12)4-7(17-2)5-9(11)14/h4-5,13,16H,3,6H2,1-2H3. The smallest absolute Gasteiger partial charge is 0.313 e. The number of rotatable bonds is 4. The quantitative estimate of drug-likeness (QED) is 0.612. The fourth-order valence-electron chi connectivity index (χ4n) is 2.12. The molecule has 0 aliphatic carbocycles. The Balaban J connectivity index is 2.32. The van der Waals surface area contributed by atoms with Crippen LogP contribution in [0, 0.1) is 5.82 Å². The van der Waals surface area contributed by atoms with Gasteiger partial charge in [-0.3, -0.25) is 4.79 Å². The van der Waals surface area contributed by atoms with Crippen LogP contribution in [0.2, 0.25) is 0 Å². The summed E-state index contributed by atoms with van der Waals surface area (Å²) in [5.41, 5.74) is 0.435. The van der Waals surface area contributed by atoms with Gasteiger partial charge in [-0.05, 0) is 18.5 Å². The van der Waals surface area contributed by atoms with Crippen molar-refractivity contribution in [3.8, 4) is 5.75 Å². The van der Waals surface area contributed by atoms with E-state index in [-0.39, 0.29) is 19.7 Å². The van der Waals surface area contributed by atoms with E-state index in [2.05, 4.69) is 0 Å². The maximum absolute atomic E-state index is 14.0. The van der Waals surface area contributed by atoms with Crippen molar-refractivity contribution in [2.24, 2.45) is 0 Å². The first-order valence-corrected chi connectivity index (χ1v) is 5.89. The normalized spacial score (nSPS) is 20.6. The van der Waals surface area contributed by atoms with Gasteiger partial charge in [0.15, 0.2) is 5.79 Å². The zero-order chi connectivity index (χ0) is 14.0. The summed E-state index contributed by atoms with van der Waals surface area (Å²) in [4.78, 5) is 11.4. The van der Waals surface area contributed by atoms with E-state index >= 15 is 0 Å². The number of hydrogen-bond acceptors (Lipinski definition) is 5. The first-order chi connectivity index (χ1) is 9.00. The molecule has 1 aromatic rings. The molecule has 1 unspecified atom stereocenters. The fraction of sp³-hybridized carbons (Fsp3) is 0.417. The van der Waals surface area contributed by atoms with Crippen LogP contribution < -0.4 is 10.2 Å². The molecule has 1 aliphatic heterocycles. The van der Waals surface area contributed by atoms with E-state index < -0.39 is 24.0 Å². The Labute approximate surface area is 110 Å². The fourth-order valence-corrected chi connectivity index (χ4v) is 2.12. The lowest BCUT2D eigenvalue weighted by molar-refractivity contribution is -0.174. The second-order valence-corrected chi connectivity index (χ2v) is 4.20. The van der Waals surface area contributed by atoms with Gasteiger partial charge in [0.2, 0.25) is 0 Å². The molecule has 7 heteroatoms. The Morgan fingerprint density at radius 1 is 1.58 bits per heavy atom. The largest absolute Gasteiger partial charge is 0.497 e. The Bertz CT molecular complexity index is 507. The summed E-state index contributed by atoms with van der Waals surface area (Å²) < 4.78 is 28.8. The minimum Gasteiger partial charge on any atom is -0.497 e. The molecule has 1 atom stereocenters. The predicted octanol–water partition coefficient (Wildman–Crippen LogP) is -0.0604. The van der Waals surface area contributed by atoms with Crippen LogP contribution in [0.5, 0.6) is 5.75 Å². The molecule has 19 heavy (non-hydrogen) atoms. The van der Waals surface area contributed by atoms with Gasteiger partial charge in [0.25, 0.3) is 0 Å². The highest BCUT2D eigenvalue weighted by Gasteiger charge is 2.43. The molecule has 2 rings (SSSR count). The summed E-state index contributed by atoms with van der Waals surface area (Å²) in [5.74, 6) is -2.95. The molecule has 0 saturated carbocycles. The maximum atomic E-state index is 14.0. The van der Waals surface area contributed by atoms with Crippen LogP contribution in [-0.2, 0) is 20.0 Å². The highest BCUT2D eigenvalue weighted by atomic mass is 19.1. The molecular weight excluding hydrogens is 254 g/mol. The highest BCUT2D eigenvalue weighted by Crippen LogP contribution is 2.33. The Morgan fingerprint density at radius 2 is 2.32 bits per heavy atom. The number of methoxy groups -OCH3 is 1. The van der Waals surface area contributed by atoms with E-state index in [0.717, 1.165) is 6.07 Å². The van der Waals surface area contributed by atoms with Crippen molar-refractivity contribution in [1.29, 1.82) is 0 Å². The number of ether oxygens (including phenoxy) is 2. The molecule has 1 heterocycles. The third-order valence-electron chi connectivity index (χ3n) is 2.93. The Morgan fingerprint density at radius 3 is 2.95 bits per heavy atom. The lowest BCUT2D eigenvalue weighted by atomic mass is 9.85. The number of carbonyl (C=O) groups excluding carboxylic acids is 1. The Hall–Kier alpha value is -1.60. The average Bonchev–Trinajstić information content (AvgIpc) is 2.67. The van der Waals surface area contributed by atoms with Crippen molar-refractivity contribution in [1.82, 2.24) is 0 Å². The minimum absolute atomic E-state index is 0.0133. The molecule has 1 aromatic carbocycles. The zero-order valence-corrected chi connectivity index (χ0v) is 10.7. The van der Waals surface area contributed by atoms with Gasteiger partial charge in [0, 0.05) is 11.6 Å². The van der Waals surface area contributed by atoms with E-state index in [9.17, 15) is 14.3 Å². The number of fused-ring (bicyclic) bond motifs is 1. The zero-order valence-electron chi connectivity index (χ0n) is 10.7. The van der Waals surface area contributed by atoms with E-state index in [0.29, 0.717) is 11.2 Å². The van der Waals surface area contributed by atoms with Gasteiger partial charge >= 0.3 is 13.5 Å². The van der Waals surface area contributed by atoms with Gasteiger partial charge in [-0.15, -0.1) is 0 Å². The van der Waals surface area contributed by atoms with Crippen LogP contribution in [0.1, 0.15) is 18.9 Å². The van der Waals surface area contributed by atoms with Gasteiger partial charge < -0.3 is 19.2 Å². The lowest BCUT2D eigenvalue weighted by Crippen LogP contribution is -2.31. The molecule has 1 aliphatic rings. The van der Waals surface area contributed by atoms with Crippen molar-refractivity contribution in [2.45, 2.75) is 19.1 Å². The van der Waals surface area contributed by atoms with Gasteiger partial charge in [-0.2, -0.15) is 0 Å². The summed E-state index contributed by atoms with van der Waals surface area (Å²) in [7, 11) is 1.43. The second kappa shape index (κ2) is 5.18. The van der Waals surface area contributed by atoms with Gasteiger partial charge in [0.1, 0.15) is 18.0 Å². The van der Waals surface area contributed by atoms with Crippen molar-refractivity contribution < 1.29 is 28.4 Å². The first kappa shape index (κ1) is 13.8. The van der Waals surface area contributed by atoms with Crippen LogP contribution in [0.15, 0.2) is 12.1 Å². The minimum atomic E-state index is -1.97. The topological polar surface area (TPSA) is 65.0 Å². The van der Waals surface area contributed by atoms with Crippen LogP contribution in [0.4, 0.5) is 4.39 Å². The first-order valence-electron chi connectivity index (χ1n) is 5.89. The second-order valence-electron chi connectivity index (χ2n) is 4.20. The molecule has 102 valence electrons. The molecule has 0 fully saturated rings. The average molecular weight is 268 g/mol. The van der Waals surface area contributed by atoms with Crippen molar-refractivity contribution >= 4 is 18.9 Å². The lowest BCUT2D eigenvalue weighted by Gasteiger charge is -2.23. The predicted molar refractivity (Wildman–Crippen MR) is 66.0 cm³/mol. The molecule has 0 radical (unpaired) electrons. The third-order valence-corrected chi connectivity index (χ3v) is 2.93. The molecular formula is C12H14BFO5. The number of esters is 1. The molecule has 0 bridgehead atoms. The van der Waals surface area contributed by atoms with Crippen LogP contribution >= 0.6 is 0 Å². The molecule has 1 N–H and O–H groups in total. The van der Waals surface area contributed by atoms with Gasteiger partial charge in [-0.1, -0.05) is 0 Å². The molecule has 0 spiro atoms. The number of aliphatic hydroxyl groups is 1. The summed E-state index contributed by atoms with van der Waals surface area (Å²) >= 11 is 0. The maximum Gasteiger partial charge on any atom is 0.313 e. The summed E-state index contributed by atoms with van der Waals surface area (Å²) in [5, 5.41) is 10.3. The number of hydrogen-bond donors (Lipinski definition) is 1. The van der Waals surface area contributed by atoms with Crippen molar-refractivity contribution in [2.75, 3.05) is 13.7 Å². The van der Waals surface area contributed by atoms with E-state index in [1.807, 2.05) is 0 Å². The molecule has 0 aromatic heterocycles. The summed E-state index contributed by atoms with van der Waals surface area (Å²) in [6, 6.07) is 2.71. The van der Waals surface area contributed by atoms with Crippen LogP contribution in [0.25, 0.3) is 0 Å². The third kappa shape index (κ3) is 2.57. The molecule has 0 saturated heterocycles. The number of carbonyl (C=O) groups is 1. The number of halogens is 1. The number of benzene rings is 1. The molecule has 0 amide bonds. The highest BCUT2D eigenvalue weighted by molar-refractivity contribution is 6.49. The SMILES string of the molecule is CCOC(=O)CC1(O)OBc2cc(OC)cc(F)c21. The van der Waals surface area contributed by atoms with Crippen LogP contribution in [0.3, 0.4) is 0 Å². The van der Waals surface area contributed by atoms with Crippen molar-refractivity contribution in [3.63, 3.8) is 0 Å². The van der Waals surface area contributed by atoms with E-state index in [1.54, 1.807) is 13.0 Å². The van der Waals surface area contributed by atoms with E-state index in [4.69, 9.17) is 14.1 Å². The van der Waals surface area contributed by atoms with Crippen molar-refractivity contribution in [3.05, 3.63) is 23.5 Å². The van der Waals surface area contributed by atoms with Gasteiger partial charge in [0.05, 0.1) is 13.7 Å². The Kier molecular flexibility index (Phi) is 3.77. The monoisotopic (exact) mass is 268 g/mol.